The number of fused-ring (bicyclic) bond motifs is 3. The van der Waals surface area contributed by atoms with E-state index < -0.39 is 51.0 Å². The molecule has 7 nitrogen and oxygen atoms in total. The fourth-order valence-corrected chi connectivity index (χ4v) is 8.46. The molecular formula is C26H30O7. The van der Waals surface area contributed by atoms with E-state index in [2.05, 4.69) is 0 Å². The van der Waals surface area contributed by atoms with Gasteiger partial charge in [0.15, 0.2) is 11.9 Å². The zero-order chi connectivity index (χ0) is 23.8. The number of epoxide rings is 1. The van der Waals surface area contributed by atoms with Crippen LogP contribution in [-0.2, 0) is 23.9 Å². The highest BCUT2D eigenvalue weighted by molar-refractivity contribution is 6.00. The monoisotopic (exact) mass is 454 g/mol. The zero-order valence-corrected chi connectivity index (χ0v) is 19.6. The minimum Gasteiger partial charge on any atom is -0.472 e. The molecule has 0 aromatic carbocycles. The summed E-state index contributed by atoms with van der Waals surface area (Å²) in [6.07, 6.45) is 6.16. The summed E-state index contributed by atoms with van der Waals surface area (Å²) >= 11 is 0. The highest BCUT2D eigenvalue weighted by atomic mass is 16.7. The van der Waals surface area contributed by atoms with Gasteiger partial charge in [0.2, 0.25) is 0 Å². The summed E-state index contributed by atoms with van der Waals surface area (Å²) in [5, 5.41) is 12.0. The third-order valence-electron chi connectivity index (χ3n) is 10.6. The molecule has 0 bridgehead atoms. The Bertz CT molecular complexity index is 1130. The summed E-state index contributed by atoms with van der Waals surface area (Å²) in [6.45, 7) is 9.35. The van der Waals surface area contributed by atoms with Crippen LogP contribution < -0.4 is 0 Å². The van der Waals surface area contributed by atoms with Gasteiger partial charge in [0.1, 0.15) is 17.5 Å². The lowest BCUT2D eigenvalue weighted by molar-refractivity contribution is -0.244. The molecule has 1 aromatic rings. The van der Waals surface area contributed by atoms with Crippen molar-refractivity contribution >= 4 is 17.5 Å². The third-order valence-corrected chi connectivity index (χ3v) is 10.6. The van der Waals surface area contributed by atoms with E-state index in [0.717, 1.165) is 5.56 Å². The number of furan rings is 1. The zero-order valence-electron chi connectivity index (χ0n) is 19.6. The molecule has 0 unspecified atom stereocenters. The number of carbonyl (C=O) groups is 3. The number of aliphatic hydroxyl groups is 1. The number of carbonyl (C=O) groups excluding carboxylic acids is 3. The van der Waals surface area contributed by atoms with Crippen LogP contribution in [0.3, 0.4) is 0 Å². The Labute approximate surface area is 192 Å². The Morgan fingerprint density at radius 2 is 1.79 bits per heavy atom. The molecule has 3 heterocycles. The minimum absolute atomic E-state index is 0.155. The number of ether oxygens (including phenoxy) is 2. The van der Waals surface area contributed by atoms with Crippen LogP contribution >= 0.6 is 0 Å². The first-order valence-corrected chi connectivity index (χ1v) is 11.7. The molecule has 2 saturated heterocycles. The SMILES string of the molecule is CC1(C)C(=O)C=C[C@]2(C)[C@H]3CC[C@@]4(C)[C@H](c5ccoc5)OC(=O)[C@H]5O[C@]54[C@]3(C)C(=O)C[C@]12O. The van der Waals surface area contributed by atoms with Gasteiger partial charge in [-0.3, -0.25) is 9.59 Å². The first kappa shape index (κ1) is 21.3. The van der Waals surface area contributed by atoms with Gasteiger partial charge in [-0.25, -0.2) is 4.79 Å². The van der Waals surface area contributed by atoms with Crippen LogP contribution in [0.1, 0.15) is 65.5 Å². The molecular weight excluding hydrogens is 424 g/mol. The Balaban J connectivity index is 1.55. The van der Waals surface area contributed by atoms with Gasteiger partial charge in [0, 0.05) is 22.8 Å². The van der Waals surface area contributed by atoms with E-state index in [1.54, 1.807) is 44.6 Å². The number of hydrogen-bond donors (Lipinski definition) is 1. The third kappa shape index (κ3) is 1.94. The molecule has 4 fully saturated rings. The van der Waals surface area contributed by atoms with Crippen molar-refractivity contribution in [3.63, 3.8) is 0 Å². The van der Waals surface area contributed by atoms with Crippen LogP contribution in [-0.4, -0.2) is 39.9 Å². The first-order chi connectivity index (χ1) is 15.3. The van der Waals surface area contributed by atoms with Crippen molar-refractivity contribution in [3.05, 3.63) is 36.3 Å². The van der Waals surface area contributed by atoms with Gasteiger partial charge in [-0.05, 0) is 51.7 Å². The number of ketones is 2. The van der Waals surface area contributed by atoms with Gasteiger partial charge in [-0.1, -0.05) is 19.9 Å². The number of cyclic esters (lactones) is 1. The lowest BCUT2D eigenvalue weighted by atomic mass is 9.35. The number of rotatable bonds is 1. The predicted molar refractivity (Wildman–Crippen MR) is 115 cm³/mol. The maximum absolute atomic E-state index is 14.1. The van der Waals surface area contributed by atoms with Crippen molar-refractivity contribution in [2.45, 2.75) is 77.3 Å². The van der Waals surface area contributed by atoms with Crippen molar-refractivity contribution in [2.24, 2.45) is 27.6 Å². The predicted octanol–water partition coefficient (Wildman–Crippen LogP) is 3.31. The Morgan fingerprint density at radius 1 is 1.06 bits per heavy atom. The van der Waals surface area contributed by atoms with Crippen LogP contribution in [0.2, 0.25) is 0 Å². The van der Waals surface area contributed by atoms with Crippen LogP contribution in [0.15, 0.2) is 35.2 Å². The summed E-state index contributed by atoms with van der Waals surface area (Å²) in [6, 6.07) is 1.79. The van der Waals surface area contributed by atoms with Crippen LogP contribution in [0.5, 0.6) is 0 Å². The number of hydrogen-bond acceptors (Lipinski definition) is 7. The molecule has 1 N–H and O–H groups in total. The van der Waals surface area contributed by atoms with E-state index >= 15 is 0 Å². The minimum atomic E-state index is -1.53. The average molecular weight is 455 g/mol. The van der Waals surface area contributed by atoms with E-state index in [9.17, 15) is 19.5 Å². The quantitative estimate of drug-likeness (QED) is 0.512. The van der Waals surface area contributed by atoms with E-state index in [4.69, 9.17) is 13.9 Å². The Kier molecular flexibility index (Phi) is 3.67. The summed E-state index contributed by atoms with van der Waals surface area (Å²) < 4.78 is 17.4. The lowest BCUT2D eigenvalue weighted by Gasteiger charge is -2.68. The molecule has 2 aliphatic heterocycles. The molecule has 6 rings (SSSR count). The van der Waals surface area contributed by atoms with Crippen molar-refractivity contribution in [2.75, 3.05) is 0 Å². The van der Waals surface area contributed by atoms with Crippen molar-refractivity contribution in [3.8, 4) is 0 Å². The highest BCUT2D eigenvalue weighted by Crippen LogP contribution is 2.79. The molecule has 0 amide bonds. The van der Waals surface area contributed by atoms with Crippen LogP contribution in [0, 0.1) is 27.6 Å². The van der Waals surface area contributed by atoms with Crippen molar-refractivity contribution in [1.29, 1.82) is 0 Å². The maximum atomic E-state index is 14.1. The van der Waals surface area contributed by atoms with Gasteiger partial charge >= 0.3 is 5.97 Å². The van der Waals surface area contributed by atoms with Gasteiger partial charge in [-0.2, -0.15) is 0 Å². The fraction of sp³-hybridized carbons (Fsp3) is 0.654. The smallest absolute Gasteiger partial charge is 0.339 e. The standard InChI is InChI=1S/C26H30O7/c1-21(2)16(27)7-10-22(3)15-6-9-23(4)18(14-8-11-31-13-14)32-20(29)19-26(23,33-19)24(15,5)17(28)12-25(21,22)30/h7-8,10-11,13,15,18-19,30H,6,9,12H2,1-5H3/t15-,18+,19-,22-,23+,24+,25+,26-/m1/s1. The van der Waals surface area contributed by atoms with Crippen LogP contribution in [0.25, 0.3) is 0 Å². The summed E-state index contributed by atoms with van der Waals surface area (Å²) in [5.41, 5.74) is -5.45. The largest absolute Gasteiger partial charge is 0.472 e. The van der Waals surface area contributed by atoms with E-state index in [1.807, 2.05) is 20.8 Å². The first-order valence-electron chi connectivity index (χ1n) is 11.7. The number of Topliss-reactive ketones (excluding diaryl/α,β-unsaturated/α-hetero) is 1. The highest BCUT2D eigenvalue weighted by Gasteiger charge is 2.89. The van der Waals surface area contributed by atoms with Crippen molar-refractivity contribution < 1.29 is 33.4 Å². The van der Waals surface area contributed by atoms with E-state index in [-0.39, 0.29) is 23.9 Å². The molecule has 7 heteroatoms. The molecule has 1 aromatic heterocycles. The maximum Gasteiger partial charge on any atom is 0.339 e. The summed E-state index contributed by atoms with van der Waals surface area (Å²) in [4.78, 5) is 39.9. The number of allylic oxidation sites excluding steroid dienone is 1. The molecule has 8 atom stereocenters. The summed E-state index contributed by atoms with van der Waals surface area (Å²) in [7, 11) is 0. The van der Waals surface area contributed by atoms with E-state index in [0.29, 0.717) is 12.8 Å². The molecule has 33 heavy (non-hydrogen) atoms. The van der Waals surface area contributed by atoms with E-state index in [1.165, 1.54) is 0 Å². The normalized spacial score (nSPS) is 51.7. The fourth-order valence-electron chi connectivity index (χ4n) is 8.46. The van der Waals surface area contributed by atoms with Gasteiger partial charge < -0.3 is 19.0 Å². The molecule has 1 spiro atoms. The molecule has 3 aliphatic carbocycles. The van der Waals surface area contributed by atoms with Gasteiger partial charge in [0.25, 0.3) is 0 Å². The summed E-state index contributed by atoms with van der Waals surface area (Å²) in [5.74, 6) is -1.11. The molecule has 176 valence electrons. The van der Waals surface area contributed by atoms with Crippen LogP contribution in [0.4, 0.5) is 0 Å². The lowest BCUT2D eigenvalue weighted by Crippen LogP contribution is -2.76. The molecule has 5 aliphatic rings. The molecule has 2 saturated carbocycles. The van der Waals surface area contributed by atoms with Crippen molar-refractivity contribution in [1.82, 2.24) is 0 Å². The second-order valence-electron chi connectivity index (χ2n) is 11.9. The number of esters is 1. The van der Waals surface area contributed by atoms with Gasteiger partial charge in [0.05, 0.1) is 29.0 Å². The van der Waals surface area contributed by atoms with Gasteiger partial charge in [-0.15, -0.1) is 0 Å². The topological polar surface area (TPSA) is 106 Å². The molecule has 0 radical (unpaired) electrons. The average Bonchev–Trinajstić information content (AvgIpc) is 3.32. The second kappa shape index (κ2) is 5.69. The Morgan fingerprint density at radius 3 is 2.45 bits per heavy atom. The Hall–Kier alpha value is -2.25. The second-order valence-corrected chi connectivity index (χ2v) is 11.9.